The molecule has 49 heavy (non-hydrogen) atoms. The molecule has 2 bridgehead atoms. The van der Waals surface area contributed by atoms with Crippen LogP contribution in [-0.4, -0.2) is 92.7 Å². The van der Waals surface area contributed by atoms with Crippen molar-refractivity contribution >= 4 is 31.1 Å². The van der Waals surface area contributed by atoms with Crippen molar-refractivity contribution in [3.8, 4) is 22.9 Å². The zero-order chi connectivity index (χ0) is 34.1. The molecule has 0 spiro atoms. The summed E-state index contributed by atoms with van der Waals surface area (Å²) in [6, 6.07) is 7.72. The van der Waals surface area contributed by atoms with Gasteiger partial charge in [0.05, 0.1) is 47.4 Å². The van der Waals surface area contributed by atoms with Gasteiger partial charge in [0.1, 0.15) is 6.10 Å². The Hall–Kier alpha value is -3.49. The number of aromatic nitrogens is 6. The van der Waals surface area contributed by atoms with Gasteiger partial charge in [-0.05, 0) is 81.5 Å². The lowest BCUT2D eigenvalue weighted by molar-refractivity contribution is -0.0367. The van der Waals surface area contributed by atoms with E-state index in [1.165, 1.54) is 0 Å². The number of aliphatic hydroxyl groups is 1. The van der Waals surface area contributed by atoms with E-state index in [2.05, 4.69) is 66.9 Å². The molecule has 12 nitrogen and oxygen atoms in total. The number of rotatable bonds is 9. The van der Waals surface area contributed by atoms with Crippen LogP contribution >= 0.6 is 0 Å². The Morgan fingerprint density at radius 1 is 1.08 bits per heavy atom. The molecule has 1 N–H and O–H groups in total. The van der Waals surface area contributed by atoms with Crippen LogP contribution in [0.15, 0.2) is 24.4 Å². The first kappa shape index (κ1) is 34.0. The quantitative estimate of drug-likeness (QED) is 0.130. The molecule has 0 saturated carbocycles. The monoisotopic (exact) mass is 689 g/mol. The Kier molecular flexibility index (Phi) is 9.98. The summed E-state index contributed by atoms with van der Waals surface area (Å²) in [6.07, 6.45) is 11.0. The fourth-order valence-electron chi connectivity index (χ4n) is 7.29. The van der Waals surface area contributed by atoms with Crippen molar-refractivity contribution in [3.05, 3.63) is 41.3 Å². The van der Waals surface area contributed by atoms with Crippen LogP contribution in [0.4, 0.5) is 0 Å². The predicted molar refractivity (Wildman–Crippen MR) is 192 cm³/mol. The molecule has 4 aromatic rings. The number of aryl methyl sites for hydroxylation is 1. The van der Waals surface area contributed by atoms with Crippen molar-refractivity contribution in [2.75, 3.05) is 33.2 Å². The van der Waals surface area contributed by atoms with E-state index in [0.717, 1.165) is 96.2 Å². The van der Waals surface area contributed by atoms with E-state index in [0.29, 0.717) is 25.6 Å². The molecular formula is C36H51N7O5Si. The summed E-state index contributed by atoms with van der Waals surface area (Å²) in [5.41, 5.74) is 5.69. The highest BCUT2D eigenvalue weighted by Gasteiger charge is 2.34. The lowest BCUT2D eigenvalue weighted by atomic mass is 10.0. The second-order valence-electron chi connectivity index (χ2n) is 14.8. The number of nitrogens with zero attached hydrogens (tertiary/aromatic N) is 7. The number of benzene rings is 1. The summed E-state index contributed by atoms with van der Waals surface area (Å²) in [5, 5.41) is 25.8. The predicted octanol–water partition coefficient (Wildman–Crippen LogP) is 5.93. The topological polar surface area (TPSA) is 114 Å². The molecule has 0 aliphatic carbocycles. The number of aliphatic hydroxyl groups excluding tert-OH is 1. The minimum atomic E-state index is -1.23. The first-order valence-electron chi connectivity index (χ1n) is 17.9. The third-order valence-corrected chi connectivity index (χ3v) is 11.7. The Balaban J connectivity index is 1.35. The molecule has 3 aliphatic rings. The summed E-state index contributed by atoms with van der Waals surface area (Å²) in [6.45, 7) is 12.6. The van der Waals surface area contributed by atoms with Crippen LogP contribution in [0.5, 0.6) is 11.8 Å². The molecule has 2 fully saturated rings. The minimum absolute atomic E-state index is 0.0323. The molecule has 3 atom stereocenters. The second-order valence-corrected chi connectivity index (χ2v) is 20.4. The average Bonchev–Trinajstić information content (AvgIpc) is 3.85. The fourth-order valence-corrected chi connectivity index (χ4v) is 8.04. The summed E-state index contributed by atoms with van der Waals surface area (Å²) in [7, 11) is 0.704. The van der Waals surface area contributed by atoms with Gasteiger partial charge in [-0.3, -0.25) is 9.58 Å². The fraction of sp³-hybridized carbons (Fsp3) is 0.583. The summed E-state index contributed by atoms with van der Waals surface area (Å²) in [5.74, 6) is 1.25. The van der Waals surface area contributed by atoms with Gasteiger partial charge in [-0.1, -0.05) is 25.7 Å². The van der Waals surface area contributed by atoms with Crippen molar-refractivity contribution in [1.82, 2.24) is 34.2 Å². The Morgan fingerprint density at radius 3 is 2.76 bits per heavy atom. The largest absolute Gasteiger partial charge is 0.473 e. The average molecular weight is 690 g/mol. The van der Waals surface area contributed by atoms with E-state index in [-0.39, 0.29) is 31.8 Å². The minimum Gasteiger partial charge on any atom is -0.473 e. The number of fused-ring (bicyclic) bond motifs is 5. The zero-order valence-corrected chi connectivity index (χ0v) is 30.6. The number of hydrogen-bond acceptors (Lipinski definition) is 9. The molecule has 3 aliphatic heterocycles. The van der Waals surface area contributed by atoms with Crippen LogP contribution in [0.2, 0.25) is 25.7 Å². The van der Waals surface area contributed by atoms with Crippen molar-refractivity contribution in [2.45, 2.75) is 96.2 Å². The van der Waals surface area contributed by atoms with E-state index < -0.39 is 8.07 Å². The smallest absolute Gasteiger partial charge is 0.242 e. The number of hydrogen-bond donors (Lipinski definition) is 1. The summed E-state index contributed by atoms with van der Waals surface area (Å²) < 4.78 is 31.0. The van der Waals surface area contributed by atoms with Crippen LogP contribution in [0, 0.1) is 0 Å². The van der Waals surface area contributed by atoms with Gasteiger partial charge in [-0.2, -0.15) is 10.2 Å². The first-order valence-corrected chi connectivity index (χ1v) is 21.6. The molecule has 3 aromatic heterocycles. The van der Waals surface area contributed by atoms with E-state index >= 15 is 0 Å². The molecule has 2 unspecified atom stereocenters. The maximum absolute atomic E-state index is 10.1. The Bertz CT molecular complexity index is 1780. The summed E-state index contributed by atoms with van der Waals surface area (Å²) in [4.78, 5) is 2.48. The Morgan fingerprint density at radius 2 is 1.96 bits per heavy atom. The van der Waals surface area contributed by atoms with Gasteiger partial charge >= 0.3 is 0 Å². The van der Waals surface area contributed by atoms with Crippen molar-refractivity contribution in [3.63, 3.8) is 0 Å². The van der Waals surface area contributed by atoms with E-state index in [1.807, 2.05) is 27.3 Å². The van der Waals surface area contributed by atoms with Gasteiger partial charge in [-0.15, -0.1) is 5.10 Å². The van der Waals surface area contributed by atoms with Crippen LogP contribution in [-0.2, 0) is 29.6 Å². The van der Waals surface area contributed by atoms with Gasteiger partial charge in [0.15, 0.2) is 13.0 Å². The second kappa shape index (κ2) is 14.4. The third-order valence-electron chi connectivity index (χ3n) is 10.0. The molecular weight excluding hydrogens is 639 g/mol. The highest BCUT2D eigenvalue weighted by Crippen LogP contribution is 2.38. The molecule has 1 aromatic carbocycles. The highest BCUT2D eigenvalue weighted by molar-refractivity contribution is 6.76. The maximum atomic E-state index is 10.1. The molecule has 0 amide bonds. The van der Waals surface area contributed by atoms with Crippen molar-refractivity contribution in [1.29, 1.82) is 0 Å². The van der Waals surface area contributed by atoms with Gasteiger partial charge < -0.3 is 24.1 Å². The van der Waals surface area contributed by atoms with Crippen molar-refractivity contribution < 1.29 is 24.1 Å². The van der Waals surface area contributed by atoms with E-state index in [1.54, 1.807) is 0 Å². The van der Waals surface area contributed by atoms with Crippen LogP contribution in [0.3, 0.4) is 0 Å². The SMILES string of the molecule is CC1Oc2c(cnn2C)-c2ccc3c(c2)c(nn3C2CCCCO2)C=Cc2c(OCOCC[Si](C)(C)C)nn(CCO)c2CN2CCC[C@H]12. The molecule has 7 rings (SSSR count). The normalized spacial score (nSPS) is 21.6. The Labute approximate surface area is 289 Å². The molecule has 0 radical (unpaired) electrons. The van der Waals surface area contributed by atoms with Gasteiger partial charge in [0.2, 0.25) is 11.8 Å². The van der Waals surface area contributed by atoms with Crippen LogP contribution < -0.4 is 9.47 Å². The van der Waals surface area contributed by atoms with Crippen LogP contribution in [0.25, 0.3) is 34.2 Å². The molecule has 13 heteroatoms. The lowest BCUT2D eigenvalue weighted by Crippen LogP contribution is -2.41. The van der Waals surface area contributed by atoms with Crippen molar-refractivity contribution in [2.24, 2.45) is 7.05 Å². The van der Waals surface area contributed by atoms with Gasteiger partial charge in [0.25, 0.3) is 0 Å². The summed E-state index contributed by atoms with van der Waals surface area (Å²) >= 11 is 0. The van der Waals surface area contributed by atoms with Crippen LogP contribution in [0.1, 0.15) is 62.2 Å². The highest BCUT2D eigenvalue weighted by atomic mass is 28.3. The standard InChI is InChI=1S/C36H51N7O5Si/c1-25-31-9-8-15-41(31)23-33-27(35(39-42(33)16-17-44)47-24-45-19-20-49(3,4)5)12-13-30-28-21-26(29-22-37-40(2)36(29)48-25)11-14-32(28)43(38-30)34-10-6-7-18-46-34/h11-14,21-22,25,31,34,44H,6-10,15-20,23-24H2,1-5H3/t25?,31-,34?/m1/s1. The lowest BCUT2D eigenvalue weighted by Gasteiger charge is -2.30. The molecule has 2 saturated heterocycles. The number of ether oxygens (including phenoxy) is 4. The molecule has 6 heterocycles. The third kappa shape index (κ3) is 7.22. The zero-order valence-electron chi connectivity index (χ0n) is 29.6. The first-order chi connectivity index (χ1) is 23.7. The van der Waals surface area contributed by atoms with Gasteiger partial charge in [-0.25, -0.2) is 9.36 Å². The van der Waals surface area contributed by atoms with Gasteiger partial charge in [0, 0.05) is 46.3 Å². The molecule has 264 valence electrons. The van der Waals surface area contributed by atoms with E-state index in [9.17, 15) is 5.11 Å². The maximum Gasteiger partial charge on any atom is 0.242 e. The van der Waals surface area contributed by atoms with E-state index in [4.69, 9.17) is 29.1 Å².